The van der Waals surface area contributed by atoms with Gasteiger partial charge >= 0.3 is 0 Å². The Morgan fingerprint density at radius 1 is 1.62 bits per heavy atom. The van der Waals surface area contributed by atoms with Crippen LogP contribution in [0.25, 0.3) is 0 Å². The molecule has 4 heteroatoms. The molecule has 0 aliphatic heterocycles. The number of nitrogens with two attached hydrogens (primary N) is 1. The summed E-state index contributed by atoms with van der Waals surface area (Å²) in [5.41, 5.74) is 6.66. The van der Waals surface area contributed by atoms with Crippen LogP contribution in [0, 0.1) is 0 Å². The van der Waals surface area contributed by atoms with Crippen molar-refractivity contribution in [2.75, 3.05) is 14.1 Å². The molecule has 4 nitrogen and oxygen atoms in total. The molecule has 0 radical (unpaired) electrons. The molecule has 0 spiro atoms. The maximum Gasteiger partial charge on any atom is 0.0949 e. The fourth-order valence-electron chi connectivity index (χ4n) is 1.13. The molecular formula is C9H18N4. The average molecular weight is 182 g/mol. The van der Waals surface area contributed by atoms with Crippen molar-refractivity contribution in [1.29, 1.82) is 0 Å². The largest absolute Gasteiger partial charge is 0.332 e. The van der Waals surface area contributed by atoms with Gasteiger partial charge < -0.3 is 15.2 Å². The second-order valence-electron chi connectivity index (χ2n) is 3.55. The van der Waals surface area contributed by atoms with Crippen LogP contribution < -0.4 is 5.73 Å². The maximum absolute atomic E-state index is 5.57. The topological polar surface area (TPSA) is 47.1 Å². The van der Waals surface area contributed by atoms with Gasteiger partial charge in [0, 0.05) is 25.3 Å². The van der Waals surface area contributed by atoms with E-state index in [9.17, 15) is 0 Å². The Bertz CT molecular complexity index is 254. The predicted molar refractivity (Wildman–Crippen MR) is 53.3 cm³/mol. The second-order valence-corrected chi connectivity index (χ2v) is 3.55. The van der Waals surface area contributed by atoms with Crippen LogP contribution in [0.15, 0.2) is 12.5 Å². The van der Waals surface area contributed by atoms with Gasteiger partial charge in [-0.2, -0.15) is 0 Å². The van der Waals surface area contributed by atoms with Gasteiger partial charge in [-0.1, -0.05) is 0 Å². The van der Waals surface area contributed by atoms with Crippen molar-refractivity contribution in [3.05, 3.63) is 18.2 Å². The van der Waals surface area contributed by atoms with Gasteiger partial charge in [0.15, 0.2) is 0 Å². The summed E-state index contributed by atoms with van der Waals surface area (Å²) in [6.07, 6.45) is 3.66. The SMILES string of the molecule is CC(Cn1cncc1CN)N(C)C. The number of imidazole rings is 1. The molecule has 1 rings (SSSR count). The average Bonchev–Trinajstić information content (AvgIpc) is 2.51. The van der Waals surface area contributed by atoms with Gasteiger partial charge in [-0.05, 0) is 21.0 Å². The molecule has 0 fully saturated rings. The predicted octanol–water partition coefficient (Wildman–Crippen LogP) is 0.292. The van der Waals surface area contributed by atoms with Crippen LogP contribution in [0.1, 0.15) is 12.6 Å². The van der Waals surface area contributed by atoms with E-state index < -0.39 is 0 Å². The summed E-state index contributed by atoms with van der Waals surface area (Å²) in [6, 6.07) is 0.500. The van der Waals surface area contributed by atoms with Gasteiger partial charge in [0.05, 0.1) is 12.0 Å². The smallest absolute Gasteiger partial charge is 0.0949 e. The molecule has 1 aromatic rings. The zero-order valence-corrected chi connectivity index (χ0v) is 8.57. The molecule has 2 N–H and O–H groups in total. The van der Waals surface area contributed by atoms with Crippen LogP contribution in [0.3, 0.4) is 0 Å². The van der Waals surface area contributed by atoms with E-state index in [4.69, 9.17) is 5.73 Å². The molecule has 0 amide bonds. The first-order valence-corrected chi connectivity index (χ1v) is 4.50. The third-order valence-electron chi connectivity index (χ3n) is 2.35. The lowest BCUT2D eigenvalue weighted by atomic mass is 10.3. The summed E-state index contributed by atoms with van der Waals surface area (Å²) < 4.78 is 2.10. The highest BCUT2D eigenvalue weighted by Gasteiger charge is 2.07. The number of rotatable bonds is 4. The van der Waals surface area contributed by atoms with E-state index in [-0.39, 0.29) is 0 Å². The summed E-state index contributed by atoms with van der Waals surface area (Å²) >= 11 is 0. The summed E-state index contributed by atoms with van der Waals surface area (Å²) in [4.78, 5) is 6.25. The van der Waals surface area contributed by atoms with Crippen molar-refractivity contribution in [2.24, 2.45) is 5.73 Å². The molecule has 0 aliphatic rings. The van der Waals surface area contributed by atoms with Crippen LogP contribution in [0.2, 0.25) is 0 Å². The normalized spacial score (nSPS) is 13.6. The quantitative estimate of drug-likeness (QED) is 0.728. The summed E-state index contributed by atoms with van der Waals surface area (Å²) in [5, 5.41) is 0. The Morgan fingerprint density at radius 2 is 2.31 bits per heavy atom. The van der Waals surface area contributed by atoms with Gasteiger partial charge in [-0.25, -0.2) is 4.98 Å². The van der Waals surface area contributed by atoms with Gasteiger partial charge in [0.25, 0.3) is 0 Å². The minimum atomic E-state index is 0.500. The first-order valence-electron chi connectivity index (χ1n) is 4.50. The van der Waals surface area contributed by atoms with Crippen molar-refractivity contribution in [2.45, 2.75) is 26.1 Å². The maximum atomic E-state index is 5.57. The first-order chi connectivity index (χ1) is 6.15. The minimum Gasteiger partial charge on any atom is -0.332 e. The van der Waals surface area contributed by atoms with Crippen LogP contribution in [0.4, 0.5) is 0 Å². The van der Waals surface area contributed by atoms with Gasteiger partial charge in [-0.15, -0.1) is 0 Å². The molecule has 1 unspecified atom stereocenters. The number of aromatic nitrogens is 2. The molecule has 0 bridgehead atoms. The van der Waals surface area contributed by atoms with Gasteiger partial charge in [0.2, 0.25) is 0 Å². The molecule has 0 aliphatic carbocycles. The summed E-state index contributed by atoms with van der Waals surface area (Å²) in [5.74, 6) is 0. The van der Waals surface area contributed by atoms with Crippen LogP contribution in [0.5, 0.6) is 0 Å². The highest BCUT2D eigenvalue weighted by molar-refractivity contribution is 4.97. The fraction of sp³-hybridized carbons (Fsp3) is 0.667. The van der Waals surface area contributed by atoms with E-state index in [2.05, 4.69) is 35.5 Å². The minimum absolute atomic E-state index is 0.500. The van der Waals surface area contributed by atoms with Crippen molar-refractivity contribution in [3.63, 3.8) is 0 Å². The lowest BCUT2D eigenvalue weighted by Gasteiger charge is -2.20. The lowest BCUT2D eigenvalue weighted by molar-refractivity contribution is 0.282. The van der Waals surface area contributed by atoms with E-state index in [1.807, 2.05) is 12.5 Å². The van der Waals surface area contributed by atoms with Gasteiger partial charge in [-0.3, -0.25) is 0 Å². The molecule has 0 saturated carbocycles. The highest BCUT2D eigenvalue weighted by atomic mass is 15.1. The Balaban J connectivity index is 2.62. The number of hydrogen-bond acceptors (Lipinski definition) is 3. The Morgan fingerprint density at radius 3 is 2.85 bits per heavy atom. The Kier molecular flexibility index (Phi) is 3.45. The van der Waals surface area contributed by atoms with E-state index >= 15 is 0 Å². The first kappa shape index (κ1) is 10.2. The van der Waals surface area contributed by atoms with Crippen molar-refractivity contribution in [3.8, 4) is 0 Å². The van der Waals surface area contributed by atoms with E-state index in [0.29, 0.717) is 12.6 Å². The fourth-order valence-corrected chi connectivity index (χ4v) is 1.13. The molecule has 1 atom stereocenters. The van der Waals surface area contributed by atoms with Gasteiger partial charge in [0.1, 0.15) is 0 Å². The van der Waals surface area contributed by atoms with Crippen molar-refractivity contribution >= 4 is 0 Å². The lowest BCUT2D eigenvalue weighted by Crippen LogP contribution is -2.29. The molecule has 74 valence electrons. The summed E-state index contributed by atoms with van der Waals surface area (Å²) in [7, 11) is 4.15. The number of hydrogen-bond donors (Lipinski definition) is 1. The molecule has 1 heterocycles. The molecule has 0 aromatic carbocycles. The molecule has 1 aromatic heterocycles. The molecule has 13 heavy (non-hydrogen) atoms. The van der Waals surface area contributed by atoms with Crippen LogP contribution in [-0.2, 0) is 13.1 Å². The van der Waals surface area contributed by atoms with E-state index in [1.165, 1.54) is 0 Å². The van der Waals surface area contributed by atoms with Crippen molar-refractivity contribution < 1.29 is 0 Å². The zero-order valence-electron chi connectivity index (χ0n) is 8.57. The zero-order chi connectivity index (χ0) is 9.84. The number of likely N-dealkylation sites (N-methyl/N-ethyl adjacent to an activating group) is 1. The third-order valence-corrected chi connectivity index (χ3v) is 2.35. The van der Waals surface area contributed by atoms with E-state index in [0.717, 1.165) is 12.2 Å². The monoisotopic (exact) mass is 182 g/mol. The third kappa shape index (κ3) is 2.54. The molecule has 0 saturated heterocycles. The summed E-state index contributed by atoms with van der Waals surface area (Å²) in [6.45, 7) is 3.68. The van der Waals surface area contributed by atoms with Crippen LogP contribution in [-0.4, -0.2) is 34.6 Å². The van der Waals surface area contributed by atoms with Crippen molar-refractivity contribution in [1.82, 2.24) is 14.5 Å². The number of nitrogens with zero attached hydrogens (tertiary/aromatic N) is 3. The molecular weight excluding hydrogens is 164 g/mol. The second kappa shape index (κ2) is 4.39. The van der Waals surface area contributed by atoms with E-state index in [1.54, 1.807) is 0 Å². The Hall–Kier alpha value is -0.870. The highest BCUT2D eigenvalue weighted by Crippen LogP contribution is 2.02. The van der Waals surface area contributed by atoms with Crippen LogP contribution >= 0.6 is 0 Å². The standard InChI is InChI=1S/C9H18N4/c1-8(12(2)3)6-13-7-11-5-9(13)4-10/h5,7-8H,4,6,10H2,1-3H3. The Labute approximate surface area is 79.4 Å².